The zero-order chi connectivity index (χ0) is 10.4. The maximum atomic E-state index is 5.97. The molecule has 0 amide bonds. The Hall–Kier alpha value is -0.0800. The molecule has 0 aromatic heterocycles. The molecule has 2 heteroatoms. The van der Waals surface area contributed by atoms with Gasteiger partial charge in [0.25, 0.3) is 0 Å². The molecule has 1 aliphatic rings. The summed E-state index contributed by atoms with van der Waals surface area (Å²) < 4.78 is 0. The van der Waals surface area contributed by atoms with Crippen molar-refractivity contribution in [2.24, 2.45) is 5.73 Å². The molecule has 1 heterocycles. The van der Waals surface area contributed by atoms with Gasteiger partial charge in [-0.2, -0.15) is 0 Å². The van der Waals surface area contributed by atoms with Crippen LogP contribution in [0.3, 0.4) is 0 Å². The monoisotopic (exact) mass is 198 g/mol. The highest BCUT2D eigenvalue weighted by Gasteiger charge is 2.31. The fourth-order valence-electron chi connectivity index (χ4n) is 2.66. The molecule has 0 bridgehead atoms. The maximum Gasteiger partial charge on any atom is 0.0326 e. The highest BCUT2D eigenvalue weighted by Crippen LogP contribution is 2.25. The van der Waals surface area contributed by atoms with Gasteiger partial charge in [0.15, 0.2) is 0 Å². The van der Waals surface area contributed by atoms with Crippen molar-refractivity contribution < 1.29 is 0 Å². The minimum atomic E-state index is 0.296. The van der Waals surface area contributed by atoms with Gasteiger partial charge in [0.05, 0.1) is 0 Å². The fraction of sp³-hybridized carbons (Fsp3) is 1.00. The number of hydrogen-bond acceptors (Lipinski definition) is 2. The van der Waals surface area contributed by atoms with E-state index in [2.05, 4.69) is 18.7 Å². The summed E-state index contributed by atoms with van der Waals surface area (Å²) in [5.74, 6) is 0. The van der Waals surface area contributed by atoms with Gasteiger partial charge >= 0.3 is 0 Å². The minimum Gasteiger partial charge on any atom is -0.329 e. The van der Waals surface area contributed by atoms with E-state index < -0.39 is 0 Å². The average Bonchev–Trinajstić information content (AvgIpc) is 2.51. The molecule has 1 saturated heterocycles. The van der Waals surface area contributed by atoms with Gasteiger partial charge in [-0.05, 0) is 38.8 Å². The summed E-state index contributed by atoms with van der Waals surface area (Å²) >= 11 is 0. The van der Waals surface area contributed by atoms with Gasteiger partial charge in [0.1, 0.15) is 0 Å². The van der Waals surface area contributed by atoms with E-state index in [1.54, 1.807) is 0 Å². The Kier molecular flexibility index (Phi) is 4.90. The van der Waals surface area contributed by atoms with Crippen LogP contribution >= 0.6 is 0 Å². The van der Waals surface area contributed by atoms with Crippen molar-refractivity contribution in [1.29, 1.82) is 0 Å². The quantitative estimate of drug-likeness (QED) is 0.751. The van der Waals surface area contributed by atoms with Crippen LogP contribution in [0, 0.1) is 0 Å². The van der Waals surface area contributed by atoms with Gasteiger partial charge < -0.3 is 5.73 Å². The normalized spacial score (nSPS) is 20.8. The molecule has 1 aliphatic heterocycles. The lowest BCUT2D eigenvalue weighted by molar-refractivity contribution is 0.0889. The van der Waals surface area contributed by atoms with Crippen LogP contribution < -0.4 is 5.73 Å². The molecule has 1 rings (SSSR count). The predicted molar refractivity (Wildman–Crippen MR) is 62.4 cm³/mol. The second-order valence-electron chi connectivity index (χ2n) is 4.54. The molecule has 0 radical (unpaired) electrons. The first-order valence-electron chi connectivity index (χ1n) is 6.24. The molecule has 0 spiro atoms. The standard InChI is InChI=1S/C12H26N2/c1-3-12(4-2,11-13)14-9-7-5-6-8-10-14/h3-11,13H2,1-2H3. The van der Waals surface area contributed by atoms with Crippen LogP contribution in [-0.2, 0) is 0 Å². The molecule has 0 unspecified atom stereocenters. The Morgan fingerprint density at radius 3 is 1.86 bits per heavy atom. The largest absolute Gasteiger partial charge is 0.329 e. The van der Waals surface area contributed by atoms with Crippen molar-refractivity contribution in [3.63, 3.8) is 0 Å². The van der Waals surface area contributed by atoms with Crippen molar-refractivity contribution in [1.82, 2.24) is 4.90 Å². The average molecular weight is 198 g/mol. The predicted octanol–water partition coefficient (Wildman–Crippen LogP) is 2.38. The van der Waals surface area contributed by atoms with Gasteiger partial charge in [0, 0.05) is 12.1 Å². The number of nitrogens with two attached hydrogens (primary N) is 1. The van der Waals surface area contributed by atoms with Gasteiger partial charge in [0.2, 0.25) is 0 Å². The zero-order valence-corrected chi connectivity index (χ0v) is 9.89. The third-order valence-corrected chi connectivity index (χ3v) is 3.97. The lowest BCUT2D eigenvalue weighted by Gasteiger charge is -2.42. The van der Waals surface area contributed by atoms with E-state index in [9.17, 15) is 0 Å². The number of hydrogen-bond donors (Lipinski definition) is 1. The molecule has 0 aromatic rings. The summed E-state index contributed by atoms with van der Waals surface area (Å²) in [6, 6.07) is 0. The molecule has 0 aromatic carbocycles. The van der Waals surface area contributed by atoms with E-state index in [1.807, 2.05) is 0 Å². The van der Waals surface area contributed by atoms with Crippen LogP contribution in [0.1, 0.15) is 52.4 Å². The van der Waals surface area contributed by atoms with Crippen molar-refractivity contribution in [2.75, 3.05) is 19.6 Å². The molecule has 84 valence electrons. The summed E-state index contributed by atoms with van der Waals surface area (Å²) in [6.45, 7) is 7.90. The first kappa shape index (κ1) is 12.0. The van der Waals surface area contributed by atoms with Gasteiger partial charge in [-0.25, -0.2) is 0 Å². The maximum absolute atomic E-state index is 5.97. The Morgan fingerprint density at radius 1 is 1.00 bits per heavy atom. The Bertz CT molecular complexity index is 136. The molecule has 2 nitrogen and oxygen atoms in total. The molecule has 0 saturated carbocycles. The lowest BCUT2D eigenvalue weighted by atomic mass is 9.90. The van der Waals surface area contributed by atoms with Crippen LogP contribution in [0.4, 0.5) is 0 Å². The van der Waals surface area contributed by atoms with E-state index in [-0.39, 0.29) is 0 Å². The van der Waals surface area contributed by atoms with E-state index >= 15 is 0 Å². The molecule has 2 N–H and O–H groups in total. The summed E-state index contributed by atoms with van der Waals surface area (Å²) in [7, 11) is 0. The smallest absolute Gasteiger partial charge is 0.0326 e. The molecule has 14 heavy (non-hydrogen) atoms. The van der Waals surface area contributed by atoms with Gasteiger partial charge in [-0.1, -0.05) is 26.7 Å². The second-order valence-corrected chi connectivity index (χ2v) is 4.54. The zero-order valence-electron chi connectivity index (χ0n) is 9.89. The van der Waals surface area contributed by atoms with Crippen molar-refractivity contribution in [3.8, 4) is 0 Å². The van der Waals surface area contributed by atoms with Crippen LogP contribution in [0.2, 0.25) is 0 Å². The first-order valence-corrected chi connectivity index (χ1v) is 6.24. The van der Waals surface area contributed by atoms with Crippen molar-refractivity contribution in [3.05, 3.63) is 0 Å². The molecule has 1 fully saturated rings. The third kappa shape index (κ3) is 2.48. The first-order chi connectivity index (χ1) is 6.79. The lowest BCUT2D eigenvalue weighted by Crippen LogP contribution is -2.53. The van der Waals surface area contributed by atoms with E-state index in [1.165, 1.54) is 51.6 Å². The van der Waals surface area contributed by atoms with E-state index in [0.29, 0.717) is 5.54 Å². The van der Waals surface area contributed by atoms with Crippen LogP contribution in [-0.4, -0.2) is 30.1 Å². The molecular formula is C12H26N2. The number of likely N-dealkylation sites (tertiary alicyclic amines) is 1. The van der Waals surface area contributed by atoms with Gasteiger partial charge in [-0.3, -0.25) is 4.90 Å². The second kappa shape index (κ2) is 5.72. The van der Waals surface area contributed by atoms with E-state index in [0.717, 1.165) is 6.54 Å². The molecular weight excluding hydrogens is 172 g/mol. The Labute approximate surface area is 88.8 Å². The van der Waals surface area contributed by atoms with Gasteiger partial charge in [-0.15, -0.1) is 0 Å². The fourth-order valence-corrected chi connectivity index (χ4v) is 2.66. The van der Waals surface area contributed by atoms with Crippen molar-refractivity contribution >= 4 is 0 Å². The Balaban J connectivity index is 2.64. The summed E-state index contributed by atoms with van der Waals surface area (Å²) in [5.41, 5.74) is 6.26. The van der Waals surface area contributed by atoms with Crippen LogP contribution in [0.15, 0.2) is 0 Å². The topological polar surface area (TPSA) is 29.3 Å². The minimum absolute atomic E-state index is 0.296. The highest BCUT2D eigenvalue weighted by molar-refractivity contribution is 4.90. The van der Waals surface area contributed by atoms with E-state index in [4.69, 9.17) is 5.73 Å². The number of rotatable bonds is 4. The summed E-state index contributed by atoms with van der Waals surface area (Å²) in [4.78, 5) is 2.65. The summed E-state index contributed by atoms with van der Waals surface area (Å²) in [6.07, 6.45) is 7.93. The highest BCUT2D eigenvalue weighted by atomic mass is 15.2. The molecule has 0 aliphatic carbocycles. The van der Waals surface area contributed by atoms with Crippen molar-refractivity contribution in [2.45, 2.75) is 57.9 Å². The summed E-state index contributed by atoms with van der Waals surface area (Å²) in [5, 5.41) is 0. The molecule has 0 atom stereocenters. The SMILES string of the molecule is CCC(CC)(CN)N1CCCCCC1. The Morgan fingerprint density at radius 2 is 1.50 bits per heavy atom. The van der Waals surface area contributed by atoms with Crippen LogP contribution in [0.25, 0.3) is 0 Å². The van der Waals surface area contributed by atoms with Crippen LogP contribution in [0.5, 0.6) is 0 Å². The third-order valence-electron chi connectivity index (χ3n) is 3.97. The number of nitrogens with zero attached hydrogens (tertiary/aromatic N) is 1.